The second-order valence-corrected chi connectivity index (χ2v) is 5.96. The lowest BCUT2D eigenvalue weighted by atomic mass is 9.68. The molecule has 1 fully saturated rings. The minimum atomic E-state index is -0.439. The van der Waals surface area contributed by atoms with Gasteiger partial charge in [-0.2, -0.15) is 0 Å². The summed E-state index contributed by atoms with van der Waals surface area (Å²) >= 11 is 6.27. The van der Waals surface area contributed by atoms with Crippen molar-refractivity contribution in [3.63, 3.8) is 0 Å². The first kappa shape index (κ1) is 13.6. The van der Waals surface area contributed by atoms with E-state index in [0.29, 0.717) is 10.8 Å². The van der Waals surface area contributed by atoms with Crippen molar-refractivity contribution >= 4 is 17.4 Å². The fourth-order valence-electron chi connectivity index (χ4n) is 2.94. The number of halogens is 1. The van der Waals surface area contributed by atoms with E-state index < -0.39 is 5.41 Å². The summed E-state index contributed by atoms with van der Waals surface area (Å²) in [6.45, 7) is 2.03. The largest absolute Gasteiger partial charge is 0.300 e. The lowest BCUT2D eigenvalue weighted by Crippen LogP contribution is -2.50. The molecule has 3 heteroatoms. The van der Waals surface area contributed by atoms with Crippen molar-refractivity contribution in [3.05, 3.63) is 34.9 Å². The molecular formula is C15H20ClNO. The Balaban J connectivity index is 2.41. The minimum Gasteiger partial charge on any atom is -0.300 e. The van der Waals surface area contributed by atoms with Crippen LogP contribution in [0.1, 0.15) is 31.7 Å². The second-order valence-electron chi connectivity index (χ2n) is 5.55. The molecule has 0 radical (unpaired) electrons. The third-order valence-corrected chi connectivity index (χ3v) is 4.42. The molecule has 2 atom stereocenters. The van der Waals surface area contributed by atoms with Gasteiger partial charge in [0.2, 0.25) is 0 Å². The molecule has 0 aromatic heterocycles. The Morgan fingerprint density at radius 3 is 2.61 bits per heavy atom. The molecule has 1 aromatic rings. The molecule has 0 heterocycles. The first-order valence-corrected chi connectivity index (χ1v) is 6.80. The highest BCUT2D eigenvalue weighted by atomic mass is 35.5. The summed E-state index contributed by atoms with van der Waals surface area (Å²) in [6.07, 6.45) is 2.90. The molecule has 1 aromatic carbocycles. The van der Waals surface area contributed by atoms with Crippen LogP contribution in [0.2, 0.25) is 5.02 Å². The SMILES string of the molecule is CN(C)C1CCCC(C)(c2ccccc2Cl)C1=O. The average molecular weight is 266 g/mol. The molecule has 0 saturated heterocycles. The van der Waals surface area contributed by atoms with Crippen molar-refractivity contribution in [2.75, 3.05) is 14.1 Å². The highest BCUT2D eigenvalue weighted by Crippen LogP contribution is 2.40. The molecule has 1 aliphatic carbocycles. The summed E-state index contributed by atoms with van der Waals surface area (Å²) in [4.78, 5) is 14.8. The van der Waals surface area contributed by atoms with E-state index in [0.717, 1.165) is 24.8 Å². The van der Waals surface area contributed by atoms with Crippen molar-refractivity contribution in [2.45, 2.75) is 37.6 Å². The highest BCUT2D eigenvalue weighted by Gasteiger charge is 2.43. The number of hydrogen-bond acceptors (Lipinski definition) is 2. The molecule has 2 nitrogen and oxygen atoms in total. The van der Waals surface area contributed by atoms with Crippen LogP contribution in [0, 0.1) is 0 Å². The molecule has 0 aliphatic heterocycles. The van der Waals surface area contributed by atoms with Crippen LogP contribution >= 0.6 is 11.6 Å². The molecular weight excluding hydrogens is 246 g/mol. The molecule has 1 saturated carbocycles. The van der Waals surface area contributed by atoms with E-state index in [-0.39, 0.29) is 6.04 Å². The fourth-order valence-corrected chi connectivity index (χ4v) is 3.28. The Labute approximate surface area is 114 Å². The maximum Gasteiger partial charge on any atom is 0.160 e. The summed E-state index contributed by atoms with van der Waals surface area (Å²) < 4.78 is 0. The van der Waals surface area contributed by atoms with Gasteiger partial charge in [0.05, 0.1) is 11.5 Å². The Morgan fingerprint density at radius 1 is 1.33 bits per heavy atom. The smallest absolute Gasteiger partial charge is 0.160 e. The maximum absolute atomic E-state index is 12.7. The van der Waals surface area contributed by atoms with Gasteiger partial charge < -0.3 is 0 Å². The number of Topliss-reactive ketones (excluding diaryl/α,β-unsaturated/α-hetero) is 1. The second kappa shape index (κ2) is 5.02. The fraction of sp³-hybridized carbons (Fsp3) is 0.533. The number of rotatable bonds is 2. The van der Waals surface area contributed by atoms with Gasteiger partial charge in [0.1, 0.15) is 0 Å². The standard InChI is InChI=1S/C15H20ClNO/c1-15(11-7-4-5-8-12(11)16)10-6-9-13(14(15)18)17(2)3/h4-5,7-8,13H,6,9-10H2,1-3H3. The molecule has 2 rings (SSSR count). The van der Waals surface area contributed by atoms with Crippen LogP contribution in [-0.2, 0) is 10.2 Å². The lowest BCUT2D eigenvalue weighted by molar-refractivity contribution is -0.131. The number of ketones is 1. The third kappa shape index (κ3) is 2.19. The lowest BCUT2D eigenvalue weighted by Gasteiger charge is -2.39. The van der Waals surface area contributed by atoms with E-state index in [1.807, 2.05) is 50.2 Å². The van der Waals surface area contributed by atoms with E-state index >= 15 is 0 Å². The summed E-state index contributed by atoms with van der Waals surface area (Å²) in [5.74, 6) is 0.298. The Bertz CT molecular complexity index is 458. The first-order valence-electron chi connectivity index (χ1n) is 6.42. The molecule has 0 spiro atoms. The zero-order valence-corrected chi connectivity index (χ0v) is 12.0. The van der Waals surface area contributed by atoms with Gasteiger partial charge in [0, 0.05) is 5.02 Å². The molecule has 0 bridgehead atoms. The molecule has 0 N–H and O–H groups in total. The van der Waals surface area contributed by atoms with Crippen LogP contribution in [0.4, 0.5) is 0 Å². The minimum absolute atomic E-state index is 0.0139. The van der Waals surface area contributed by atoms with E-state index in [4.69, 9.17) is 11.6 Å². The topological polar surface area (TPSA) is 20.3 Å². The van der Waals surface area contributed by atoms with Gasteiger partial charge in [-0.15, -0.1) is 0 Å². The van der Waals surface area contributed by atoms with Gasteiger partial charge >= 0.3 is 0 Å². The van der Waals surface area contributed by atoms with Gasteiger partial charge in [-0.3, -0.25) is 9.69 Å². The molecule has 18 heavy (non-hydrogen) atoms. The summed E-state index contributed by atoms with van der Waals surface area (Å²) in [6, 6.07) is 7.73. The predicted octanol–water partition coefficient (Wildman–Crippen LogP) is 3.28. The van der Waals surface area contributed by atoms with Crippen molar-refractivity contribution in [1.29, 1.82) is 0 Å². The quantitative estimate of drug-likeness (QED) is 0.818. The van der Waals surface area contributed by atoms with Crippen molar-refractivity contribution < 1.29 is 4.79 Å². The third-order valence-electron chi connectivity index (χ3n) is 4.09. The normalized spacial score (nSPS) is 28.7. The number of likely N-dealkylation sites (N-methyl/N-ethyl adjacent to an activating group) is 1. The zero-order valence-electron chi connectivity index (χ0n) is 11.2. The first-order chi connectivity index (χ1) is 8.47. The Hall–Kier alpha value is -0.860. The van der Waals surface area contributed by atoms with Crippen molar-refractivity contribution in [1.82, 2.24) is 4.90 Å². The highest BCUT2D eigenvalue weighted by molar-refractivity contribution is 6.31. The van der Waals surface area contributed by atoms with E-state index in [1.165, 1.54) is 0 Å². The summed E-state index contributed by atoms with van der Waals surface area (Å²) in [5.41, 5.74) is 0.536. The number of benzene rings is 1. The monoisotopic (exact) mass is 265 g/mol. The van der Waals surface area contributed by atoms with Crippen molar-refractivity contribution in [2.24, 2.45) is 0 Å². The van der Waals surface area contributed by atoms with Gasteiger partial charge in [-0.25, -0.2) is 0 Å². The van der Waals surface area contributed by atoms with Crippen LogP contribution < -0.4 is 0 Å². The Kier molecular flexibility index (Phi) is 3.79. The summed E-state index contributed by atoms with van der Waals surface area (Å²) in [7, 11) is 3.95. The number of carbonyl (C=O) groups is 1. The van der Waals surface area contributed by atoms with Crippen LogP contribution in [0.3, 0.4) is 0 Å². The van der Waals surface area contributed by atoms with Gasteiger partial charge in [0.15, 0.2) is 5.78 Å². The Morgan fingerprint density at radius 2 is 2.00 bits per heavy atom. The van der Waals surface area contributed by atoms with Gasteiger partial charge in [-0.05, 0) is 45.5 Å². The van der Waals surface area contributed by atoms with E-state index in [1.54, 1.807) is 0 Å². The predicted molar refractivity (Wildman–Crippen MR) is 75.1 cm³/mol. The molecule has 0 amide bonds. The van der Waals surface area contributed by atoms with Gasteiger partial charge in [0.25, 0.3) is 0 Å². The zero-order chi connectivity index (χ0) is 13.3. The van der Waals surface area contributed by atoms with E-state index in [9.17, 15) is 4.79 Å². The van der Waals surface area contributed by atoms with Crippen LogP contribution in [0.5, 0.6) is 0 Å². The number of nitrogens with zero attached hydrogens (tertiary/aromatic N) is 1. The molecule has 2 unspecified atom stereocenters. The van der Waals surface area contributed by atoms with E-state index in [2.05, 4.69) is 0 Å². The number of carbonyl (C=O) groups excluding carboxylic acids is 1. The summed E-state index contributed by atoms with van der Waals surface area (Å²) in [5, 5.41) is 0.702. The molecule has 1 aliphatic rings. The van der Waals surface area contributed by atoms with Crippen molar-refractivity contribution in [3.8, 4) is 0 Å². The average Bonchev–Trinajstić information content (AvgIpc) is 2.33. The van der Waals surface area contributed by atoms with Crippen LogP contribution in [0.25, 0.3) is 0 Å². The number of hydrogen-bond donors (Lipinski definition) is 0. The van der Waals surface area contributed by atoms with Gasteiger partial charge in [-0.1, -0.05) is 36.2 Å². The van der Waals surface area contributed by atoms with Crippen LogP contribution in [0.15, 0.2) is 24.3 Å². The maximum atomic E-state index is 12.7. The molecule has 98 valence electrons. The van der Waals surface area contributed by atoms with Crippen LogP contribution in [-0.4, -0.2) is 30.8 Å².